The van der Waals surface area contributed by atoms with Crippen LogP contribution < -0.4 is 10.6 Å². The Bertz CT molecular complexity index is 996. The summed E-state index contributed by atoms with van der Waals surface area (Å²) in [5.41, 5.74) is 2.19. The van der Waals surface area contributed by atoms with Gasteiger partial charge in [-0.3, -0.25) is 4.79 Å². The van der Waals surface area contributed by atoms with E-state index in [4.69, 9.17) is 21.4 Å². The molecule has 1 fully saturated rings. The number of nitrogens with zero attached hydrogens (tertiary/aromatic N) is 1. The highest BCUT2D eigenvalue weighted by molar-refractivity contribution is 6.30. The highest BCUT2D eigenvalue weighted by Gasteiger charge is 2.20. The summed E-state index contributed by atoms with van der Waals surface area (Å²) in [6, 6.07) is 15.0. The van der Waals surface area contributed by atoms with Crippen molar-refractivity contribution in [3.05, 3.63) is 70.2 Å². The predicted octanol–water partition coefficient (Wildman–Crippen LogP) is 5.34. The van der Waals surface area contributed by atoms with Crippen LogP contribution in [0.1, 0.15) is 66.1 Å². The van der Waals surface area contributed by atoms with Gasteiger partial charge in [0.25, 0.3) is 5.91 Å². The summed E-state index contributed by atoms with van der Waals surface area (Å²) in [5.74, 6) is 0.600. The van der Waals surface area contributed by atoms with Gasteiger partial charge in [0.2, 0.25) is 0 Å². The third-order valence-corrected chi connectivity index (χ3v) is 7.14. The maximum atomic E-state index is 13.0. The molecule has 36 heavy (non-hydrogen) atoms. The van der Waals surface area contributed by atoms with Gasteiger partial charge in [-0.1, -0.05) is 68.0 Å². The Hall–Kier alpha value is -2.61. The maximum Gasteiger partial charge on any atom is 0.407 e. The van der Waals surface area contributed by atoms with Crippen LogP contribution in [-0.2, 0) is 4.74 Å². The second kappa shape index (κ2) is 14.2. The SMILES string of the molecule is CN[C@@H](CNC(=O)c1cccc(C(OCCN(C)C(=O)O)c2cccc(Cl)c2)c1)CC1CCCCC1. The largest absolute Gasteiger partial charge is 0.465 e. The molecule has 3 rings (SSSR count). The number of nitrogens with one attached hydrogen (secondary N) is 2. The Morgan fingerprint density at radius 3 is 2.47 bits per heavy atom. The second-order valence-corrected chi connectivity index (χ2v) is 10.0. The summed E-state index contributed by atoms with van der Waals surface area (Å²) in [6.45, 7) is 0.992. The number of hydrogen-bond donors (Lipinski definition) is 3. The molecule has 1 aliphatic rings. The molecule has 1 unspecified atom stereocenters. The Morgan fingerprint density at radius 1 is 1.11 bits per heavy atom. The van der Waals surface area contributed by atoms with Gasteiger partial charge in [-0.15, -0.1) is 0 Å². The minimum absolute atomic E-state index is 0.129. The molecular weight excluding hydrogens is 478 g/mol. The van der Waals surface area contributed by atoms with Crippen LogP contribution in [0.15, 0.2) is 48.5 Å². The molecule has 0 spiro atoms. The standard InChI is InChI=1S/C28H38ClN3O4/c1-30-25(16-20-8-4-3-5-9-20)19-31-27(33)23-12-6-10-21(17-23)26(22-11-7-13-24(29)18-22)36-15-14-32(2)28(34)35/h6-7,10-13,17-18,20,25-26,30H,3-5,8-9,14-16,19H2,1-2H3,(H,31,33)(H,34,35)/t25-,26?/m1/s1. The smallest absolute Gasteiger partial charge is 0.407 e. The predicted molar refractivity (Wildman–Crippen MR) is 143 cm³/mol. The molecule has 196 valence electrons. The van der Waals surface area contributed by atoms with Crippen LogP contribution in [0.2, 0.25) is 5.02 Å². The number of halogens is 1. The first-order valence-electron chi connectivity index (χ1n) is 12.7. The van der Waals surface area contributed by atoms with E-state index < -0.39 is 12.2 Å². The van der Waals surface area contributed by atoms with Crippen LogP contribution in [0.3, 0.4) is 0 Å². The fourth-order valence-electron chi connectivity index (χ4n) is 4.75. The topological polar surface area (TPSA) is 90.9 Å². The van der Waals surface area contributed by atoms with E-state index in [1.165, 1.54) is 44.1 Å². The molecule has 2 atom stereocenters. The van der Waals surface area contributed by atoms with Crippen molar-refractivity contribution in [1.82, 2.24) is 15.5 Å². The number of likely N-dealkylation sites (N-methyl/N-ethyl adjacent to an activating group) is 2. The third-order valence-electron chi connectivity index (χ3n) is 6.90. The third kappa shape index (κ3) is 8.50. The minimum Gasteiger partial charge on any atom is -0.465 e. The zero-order valence-corrected chi connectivity index (χ0v) is 22.0. The first kappa shape index (κ1) is 28.0. The lowest BCUT2D eigenvalue weighted by Crippen LogP contribution is -2.40. The Labute approximate surface area is 219 Å². The molecule has 2 aromatic rings. The molecule has 2 amide bonds. The van der Waals surface area contributed by atoms with Crippen molar-refractivity contribution >= 4 is 23.6 Å². The number of ether oxygens (including phenoxy) is 1. The maximum absolute atomic E-state index is 13.0. The van der Waals surface area contributed by atoms with Gasteiger partial charge in [-0.05, 0) is 54.8 Å². The normalized spacial score (nSPS) is 15.8. The molecule has 1 saturated carbocycles. The monoisotopic (exact) mass is 515 g/mol. The van der Waals surface area contributed by atoms with Gasteiger partial charge in [0, 0.05) is 36.8 Å². The van der Waals surface area contributed by atoms with Crippen molar-refractivity contribution in [3.63, 3.8) is 0 Å². The van der Waals surface area contributed by atoms with Crippen molar-refractivity contribution in [3.8, 4) is 0 Å². The first-order valence-corrected chi connectivity index (χ1v) is 13.1. The lowest BCUT2D eigenvalue weighted by atomic mass is 9.85. The van der Waals surface area contributed by atoms with E-state index in [0.29, 0.717) is 17.1 Å². The van der Waals surface area contributed by atoms with Gasteiger partial charge < -0.3 is 25.4 Å². The van der Waals surface area contributed by atoms with Gasteiger partial charge in [-0.2, -0.15) is 0 Å². The van der Waals surface area contributed by atoms with E-state index >= 15 is 0 Å². The fourth-order valence-corrected chi connectivity index (χ4v) is 4.95. The van der Waals surface area contributed by atoms with Crippen LogP contribution in [0.25, 0.3) is 0 Å². The van der Waals surface area contributed by atoms with E-state index in [1.54, 1.807) is 12.1 Å². The molecular formula is C28H38ClN3O4. The molecule has 2 aromatic carbocycles. The number of carbonyl (C=O) groups is 2. The summed E-state index contributed by atoms with van der Waals surface area (Å²) < 4.78 is 6.12. The highest BCUT2D eigenvalue weighted by Crippen LogP contribution is 2.29. The molecule has 3 N–H and O–H groups in total. The van der Waals surface area contributed by atoms with Crippen LogP contribution in [0.4, 0.5) is 4.79 Å². The van der Waals surface area contributed by atoms with E-state index in [2.05, 4.69) is 10.6 Å². The van der Waals surface area contributed by atoms with Gasteiger partial charge in [-0.25, -0.2) is 4.79 Å². The number of carbonyl (C=O) groups excluding carboxylic acids is 1. The second-order valence-electron chi connectivity index (χ2n) is 9.57. The highest BCUT2D eigenvalue weighted by atomic mass is 35.5. The molecule has 0 heterocycles. The lowest BCUT2D eigenvalue weighted by molar-refractivity contribution is 0.0634. The van der Waals surface area contributed by atoms with Crippen LogP contribution >= 0.6 is 11.6 Å². The van der Waals surface area contributed by atoms with E-state index in [1.807, 2.05) is 43.4 Å². The fraction of sp³-hybridized carbons (Fsp3) is 0.500. The number of hydrogen-bond acceptors (Lipinski definition) is 4. The van der Waals surface area contributed by atoms with Gasteiger partial charge in [0.05, 0.1) is 6.61 Å². The molecule has 0 bridgehead atoms. The zero-order chi connectivity index (χ0) is 25.9. The van der Waals surface area contributed by atoms with Crippen molar-refractivity contribution in [2.24, 2.45) is 5.92 Å². The first-order chi connectivity index (χ1) is 17.4. The van der Waals surface area contributed by atoms with Crippen LogP contribution in [0, 0.1) is 5.92 Å². The van der Waals surface area contributed by atoms with Crippen LogP contribution in [-0.4, -0.2) is 61.8 Å². The van der Waals surface area contributed by atoms with Crippen molar-refractivity contribution in [1.29, 1.82) is 0 Å². The number of carboxylic acid groups (broad SMARTS) is 1. The molecule has 0 aliphatic heterocycles. The van der Waals surface area contributed by atoms with Gasteiger partial charge >= 0.3 is 6.09 Å². The van der Waals surface area contributed by atoms with Crippen LogP contribution in [0.5, 0.6) is 0 Å². The molecule has 7 nitrogen and oxygen atoms in total. The summed E-state index contributed by atoms with van der Waals surface area (Å²) in [4.78, 5) is 25.3. The zero-order valence-electron chi connectivity index (χ0n) is 21.2. The van der Waals surface area contributed by atoms with Crippen molar-refractivity contribution in [2.75, 3.05) is 33.8 Å². The average Bonchev–Trinajstić information content (AvgIpc) is 2.89. The average molecular weight is 516 g/mol. The van der Waals surface area contributed by atoms with Crippen molar-refractivity contribution in [2.45, 2.75) is 50.7 Å². The van der Waals surface area contributed by atoms with E-state index in [9.17, 15) is 9.59 Å². The number of benzene rings is 2. The number of rotatable bonds is 12. The number of amides is 2. The minimum atomic E-state index is -1.01. The van der Waals surface area contributed by atoms with Gasteiger partial charge in [0.15, 0.2) is 0 Å². The summed E-state index contributed by atoms with van der Waals surface area (Å²) >= 11 is 6.23. The molecule has 1 aliphatic carbocycles. The molecule has 0 radical (unpaired) electrons. The quantitative estimate of drug-likeness (QED) is 0.355. The molecule has 0 aromatic heterocycles. The molecule has 8 heteroatoms. The lowest BCUT2D eigenvalue weighted by Gasteiger charge is -2.26. The van der Waals surface area contributed by atoms with Crippen molar-refractivity contribution < 1.29 is 19.4 Å². The molecule has 0 saturated heterocycles. The van der Waals surface area contributed by atoms with E-state index in [0.717, 1.165) is 23.5 Å². The Morgan fingerprint density at radius 2 is 1.81 bits per heavy atom. The summed E-state index contributed by atoms with van der Waals surface area (Å²) in [7, 11) is 3.45. The van der Waals surface area contributed by atoms with E-state index in [-0.39, 0.29) is 25.1 Å². The summed E-state index contributed by atoms with van der Waals surface area (Å²) in [6.07, 6.45) is 6.08. The summed E-state index contributed by atoms with van der Waals surface area (Å²) in [5, 5.41) is 16.1. The Balaban J connectivity index is 1.68. The van der Waals surface area contributed by atoms with Gasteiger partial charge in [0.1, 0.15) is 6.10 Å². The Kier molecular flexibility index (Phi) is 11.0.